The van der Waals surface area contributed by atoms with E-state index in [-0.39, 0.29) is 34.7 Å². The van der Waals surface area contributed by atoms with Gasteiger partial charge < -0.3 is 19.6 Å². The number of aldehydes is 1. The molecule has 1 fully saturated rings. The number of carbonyl (C=O) groups excluding carboxylic acids is 2. The molecule has 0 unspecified atom stereocenters. The first kappa shape index (κ1) is 30.6. The van der Waals surface area contributed by atoms with Gasteiger partial charge >= 0.3 is 0 Å². The molecule has 5 rings (SSSR count). The Kier molecular flexibility index (Phi) is 8.83. The van der Waals surface area contributed by atoms with Crippen LogP contribution in [0.3, 0.4) is 0 Å². The highest BCUT2D eigenvalue weighted by Crippen LogP contribution is 2.31. The number of piperidine rings is 1. The lowest BCUT2D eigenvalue weighted by Crippen LogP contribution is -2.39. The number of likely N-dealkylation sites (tertiary alicyclic amines) is 1. The van der Waals surface area contributed by atoms with Crippen LogP contribution in [0.5, 0.6) is 0 Å². The number of aryl methyl sites for hydroxylation is 1. The molecule has 8 nitrogen and oxygen atoms in total. The second-order valence-electron chi connectivity index (χ2n) is 13.4. The molecule has 1 amide bonds. The summed E-state index contributed by atoms with van der Waals surface area (Å²) in [6, 6.07) is 8.65. The number of rotatable bonds is 9. The van der Waals surface area contributed by atoms with Crippen LogP contribution in [-0.2, 0) is 22.6 Å². The van der Waals surface area contributed by atoms with E-state index in [1.165, 1.54) is 6.07 Å². The molecule has 0 aliphatic carbocycles. The van der Waals surface area contributed by atoms with Gasteiger partial charge in [0.15, 0.2) is 0 Å². The first-order valence-corrected chi connectivity index (χ1v) is 15.1. The highest BCUT2D eigenvalue weighted by Gasteiger charge is 2.28. The summed E-state index contributed by atoms with van der Waals surface area (Å²) in [5.41, 5.74) is 4.98. The van der Waals surface area contributed by atoms with Crippen LogP contribution in [0.15, 0.2) is 41.3 Å². The number of nitrogens with zero attached hydrogens (tertiary/aromatic N) is 3. The van der Waals surface area contributed by atoms with Crippen LogP contribution in [0.2, 0.25) is 0 Å². The topological polar surface area (TPSA) is 102 Å². The molecule has 228 valence electrons. The molecule has 1 aliphatic rings. The molecule has 1 saturated heterocycles. The third-order valence-corrected chi connectivity index (χ3v) is 8.57. The number of benzene rings is 2. The van der Waals surface area contributed by atoms with E-state index in [0.717, 1.165) is 47.0 Å². The van der Waals surface area contributed by atoms with Gasteiger partial charge in [-0.1, -0.05) is 39.0 Å². The second-order valence-corrected chi connectivity index (χ2v) is 13.4. The van der Waals surface area contributed by atoms with Crippen molar-refractivity contribution in [1.82, 2.24) is 25.0 Å². The number of H-pyrrole nitrogens is 2. The van der Waals surface area contributed by atoms with E-state index in [2.05, 4.69) is 54.0 Å². The summed E-state index contributed by atoms with van der Waals surface area (Å²) >= 11 is 0. The van der Waals surface area contributed by atoms with Crippen molar-refractivity contribution < 1.29 is 14.0 Å². The van der Waals surface area contributed by atoms with E-state index in [9.17, 15) is 18.8 Å². The largest absolute Gasteiger partial charge is 0.343 e. The van der Waals surface area contributed by atoms with Crippen molar-refractivity contribution in [2.45, 2.75) is 65.8 Å². The number of aromatic amines is 2. The summed E-state index contributed by atoms with van der Waals surface area (Å²) in [5.74, 6) is -0.953. The number of pyridine rings is 1. The number of para-hydroxylation sites is 1. The highest BCUT2D eigenvalue weighted by atomic mass is 19.1. The van der Waals surface area contributed by atoms with Crippen molar-refractivity contribution in [3.63, 3.8) is 0 Å². The van der Waals surface area contributed by atoms with Crippen molar-refractivity contribution >= 4 is 34.0 Å². The van der Waals surface area contributed by atoms with Crippen LogP contribution < -0.4 is 5.56 Å². The van der Waals surface area contributed by atoms with Gasteiger partial charge in [-0.3, -0.25) is 14.7 Å². The van der Waals surface area contributed by atoms with E-state index in [4.69, 9.17) is 0 Å². The summed E-state index contributed by atoms with van der Waals surface area (Å²) in [7, 11) is 2.11. The molecule has 2 N–H and O–H groups in total. The Bertz CT molecular complexity index is 1690. The quantitative estimate of drug-likeness (QED) is 0.253. The second kappa shape index (κ2) is 12.4. The zero-order chi connectivity index (χ0) is 30.9. The molecule has 3 heterocycles. The number of hydrogen-bond acceptors (Lipinski definition) is 5. The number of amides is 1. The van der Waals surface area contributed by atoms with E-state index >= 15 is 0 Å². The van der Waals surface area contributed by atoms with Gasteiger partial charge in [0.05, 0.1) is 17.2 Å². The minimum atomic E-state index is -0.449. The fourth-order valence-electron chi connectivity index (χ4n) is 6.67. The minimum Gasteiger partial charge on any atom is -0.343 e. The number of hydrogen-bond donors (Lipinski definition) is 2. The van der Waals surface area contributed by atoms with Gasteiger partial charge in [-0.25, -0.2) is 4.39 Å². The third-order valence-electron chi connectivity index (χ3n) is 8.57. The normalized spacial score (nSPS) is 15.5. The molecule has 43 heavy (non-hydrogen) atoms. The Morgan fingerprint density at radius 1 is 1.21 bits per heavy atom. The summed E-state index contributed by atoms with van der Waals surface area (Å²) < 4.78 is 14.1. The van der Waals surface area contributed by atoms with E-state index in [0.29, 0.717) is 43.3 Å². The standard InChI is InChI=1S/C34H42FN5O3/c1-21-13-25(28(27-17-36-38-31(21)27)18-39(5)20-34(2,3)4)14-22(19-41)15-30(42)40-11-9-23(10-12-40)26-16-24-7-6-8-29(35)32(24)37-33(26)43/h6-8,13,16-17,19,22-23H,9-12,14-15,18,20H2,1-5H3,(H,36,38)(H,37,43)/t22-/m0/s1. The molecule has 0 saturated carbocycles. The highest BCUT2D eigenvalue weighted by molar-refractivity contribution is 5.86. The lowest BCUT2D eigenvalue weighted by atomic mass is 9.88. The van der Waals surface area contributed by atoms with Gasteiger partial charge in [0.2, 0.25) is 5.91 Å². The average molecular weight is 588 g/mol. The van der Waals surface area contributed by atoms with Crippen molar-refractivity contribution in [1.29, 1.82) is 0 Å². The van der Waals surface area contributed by atoms with Gasteiger partial charge in [-0.2, -0.15) is 5.10 Å². The van der Waals surface area contributed by atoms with Crippen LogP contribution in [0, 0.1) is 24.1 Å². The Hall–Kier alpha value is -3.85. The number of nitrogens with one attached hydrogen (secondary N) is 2. The summed E-state index contributed by atoms with van der Waals surface area (Å²) in [4.78, 5) is 45.2. The molecule has 0 radical (unpaired) electrons. The van der Waals surface area contributed by atoms with Crippen LogP contribution in [0.4, 0.5) is 4.39 Å². The average Bonchev–Trinajstić information content (AvgIpc) is 3.45. The Morgan fingerprint density at radius 3 is 2.65 bits per heavy atom. The van der Waals surface area contributed by atoms with Gasteiger partial charge in [-0.05, 0) is 73.4 Å². The first-order chi connectivity index (χ1) is 20.4. The third kappa shape index (κ3) is 6.88. The summed E-state index contributed by atoms with van der Waals surface area (Å²) in [6.07, 6.45) is 4.67. The minimum absolute atomic E-state index is 0.0142. The predicted octanol–water partition coefficient (Wildman–Crippen LogP) is 5.48. The van der Waals surface area contributed by atoms with E-state index in [1.807, 2.05) is 18.0 Å². The van der Waals surface area contributed by atoms with E-state index < -0.39 is 11.7 Å². The molecule has 2 aromatic carbocycles. The SMILES string of the molecule is Cc1cc(C[C@H](C=O)CC(=O)N2CCC(c3cc4cccc(F)c4[nH]c3=O)CC2)c(CN(C)CC(C)(C)C)c2cn[nH]c12. The van der Waals surface area contributed by atoms with Crippen molar-refractivity contribution in [3.8, 4) is 0 Å². The maximum atomic E-state index is 14.1. The molecule has 1 atom stereocenters. The summed E-state index contributed by atoms with van der Waals surface area (Å²) in [6.45, 7) is 11.3. The monoisotopic (exact) mass is 587 g/mol. The Labute approximate surface area is 251 Å². The van der Waals surface area contributed by atoms with Crippen LogP contribution >= 0.6 is 0 Å². The van der Waals surface area contributed by atoms with Crippen LogP contribution in [0.1, 0.15) is 68.2 Å². The summed E-state index contributed by atoms with van der Waals surface area (Å²) in [5, 5.41) is 9.12. The molecule has 2 aromatic heterocycles. The lowest BCUT2D eigenvalue weighted by Gasteiger charge is -2.32. The Morgan fingerprint density at radius 2 is 1.95 bits per heavy atom. The molecule has 4 aromatic rings. The lowest BCUT2D eigenvalue weighted by molar-refractivity contribution is -0.134. The molecule has 9 heteroatoms. The van der Waals surface area contributed by atoms with Gasteiger partial charge in [0, 0.05) is 54.9 Å². The molecular weight excluding hydrogens is 545 g/mol. The number of halogens is 1. The zero-order valence-corrected chi connectivity index (χ0v) is 25.8. The van der Waals surface area contributed by atoms with Crippen molar-refractivity contribution in [3.05, 3.63) is 75.0 Å². The van der Waals surface area contributed by atoms with Gasteiger partial charge in [0.25, 0.3) is 5.56 Å². The predicted molar refractivity (Wildman–Crippen MR) is 168 cm³/mol. The maximum Gasteiger partial charge on any atom is 0.251 e. The van der Waals surface area contributed by atoms with Gasteiger partial charge in [-0.15, -0.1) is 0 Å². The number of fused-ring (bicyclic) bond motifs is 2. The van der Waals surface area contributed by atoms with Crippen LogP contribution in [-0.4, -0.2) is 63.9 Å². The fraction of sp³-hybridized carbons (Fsp3) is 0.471. The maximum absolute atomic E-state index is 14.1. The molecule has 0 bridgehead atoms. The van der Waals surface area contributed by atoms with Crippen molar-refractivity contribution in [2.24, 2.45) is 11.3 Å². The zero-order valence-electron chi connectivity index (χ0n) is 25.8. The van der Waals surface area contributed by atoms with E-state index in [1.54, 1.807) is 18.2 Å². The first-order valence-electron chi connectivity index (χ1n) is 15.1. The molecule has 1 aliphatic heterocycles. The Balaban J connectivity index is 1.27. The van der Waals surface area contributed by atoms with Crippen molar-refractivity contribution in [2.75, 3.05) is 26.7 Å². The molecular formula is C34H42FN5O3. The number of aromatic nitrogens is 3. The molecule has 0 spiro atoms. The number of carbonyl (C=O) groups is 2. The smallest absolute Gasteiger partial charge is 0.251 e. The van der Waals surface area contributed by atoms with Gasteiger partial charge in [0.1, 0.15) is 12.1 Å². The van der Waals surface area contributed by atoms with Crippen LogP contribution in [0.25, 0.3) is 21.8 Å². The fourth-order valence-corrected chi connectivity index (χ4v) is 6.67.